The Hall–Kier alpha value is -0.870. The van der Waals surface area contributed by atoms with Gasteiger partial charge in [-0.15, -0.1) is 11.3 Å². The van der Waals surface area contributed by atoms with E-state index in [0.717, 1.165) is 25.9 Å². The molecular weight excluding hydrogens is 244 g/mol. The number of carbonyl (C=O) groups is 1. The molecule has 0 saturated carbocycles. The highest BCUT2D eigenvalue weighted by Crippen LogP contribution is 2.23. The molecule has 1 saturated heterocycles. The maximum atomic E-state index is 12.0. The van der Waals surface area contributed by atoms with Gasteiger partial charge in [0.15, 0.2) is 0 Å². The van der Waals surface area contributed by atoms with E-state index in [9.17, 15) is 4.79 Å². The number of rotatable bonds is 4. The standard InChI is InChI=1S/C14H22N2OS/c1-10-3-4-13(18-10)11(2)16-14(17)9-12-5-7-15-8-6-12/h3-4,11-12,15H,5-9H2,1-2H3,(H,16,17). The van der Waals surface area contributed by atoms with E-state index in [4.69, 9.17) is 0 Å². The molecule has 1 amide bonds. The molecule has 3 nitrogen and oxygen atoms in total. The molecule has 0 aliphatic carbocycles. The van der Waals surface area contributed by atoms with Crippen molar-refractivity contribution in [2.75, 3.05) is 13.1 Å². The van der Waals surface area contributed by atoms with Gasteiger partial charge in [-0.3, -0.25) is 4.79 Å². The van der Waals surface area contributed by atoms with E-state index in [1.54, 1.807) is 11.3 Å². The Labute approximate surface area is 113 Å². The van der Waals surface area contributed by atoms with E-state index >= 15 is 0 Å². The minimum Gasteiger partial charge on any atom is -0.349 e. The van der Waals surface area contributed by atoms with Crippen molar-refractivity contribution in [2.45, 2.75) is 39.2 Å². The molecular formula is C14H22N2OS. The van der Waals surface area contributed by atoms with Gasteiger partial charge in [-0.25, -0.2) is 0 Å². The van der Waals surface area contributed by atoms with E-state index < -0.39 is 0 Å². The SMILES string of the molecule is Cc1ccc(C(C)NC(=O)CC2CCNCC2)s1. The Morgan fingerprint density at radius 1 is 1.50 bits per heavy atom. The summed E-state index contributed by atoms with van der Waals surface area (Å²) in [5, 5.41) is 6.44. The molecule has 2 N–H and O–H groups in total. The molecule has 0 bridgehead atoms. The summed E-state index contributed by atoms with van der Waals surface area (Å²) < 4.78 is 0. The van der Waals surface area contributed by atoms with Gasteiger partial charge in [0, 0.05) is 16.2 Å². The molecule has 2 heterocycles. The summed E-state index contributed by atoms with van der Waals surface area (Å²) in [6, 6.07) is 4.35. The largest absolute Gasteiger partial charge is 0.349 e. The lowest BCUT2D eigenvalue weighted by molar-refractivity contribution is -0.122. The van der Waals surface area contributed by atoms with Crippen LogP contribution in [0.25, 0.3) is 0 Å². The third-order valence-electron chi connectivity index (χ3n) is 3.50. The first-order valence-electron chi connectivity index (χ1n) is 6.71. The monoisotopic (exact) mass is 266 g/mol. The van der Waals surface area contributed by atoms with E-state index in [1.807, 2.05) is 0 Å². The first kappa shape index (κ1) is 13.6. The Balaban J connectivity index is 1.79. The van der Waals surface area contributed by atoms with Gasteiger partial charge in [-0.05, 0) is 57.8 Å². The van der Waals surface area contributed by atoms with E-state index in [-0.39, 0.29) is 11.9 Å². The summed E-state index contributed by atoms with van der Waals surface area (Å²) >= 11 is 1.76. The van der Waals surface area contributed by atoms with Crippen LogP contribution in [0.1, 0.15) is 42.0 Å². The second kappa shape index (κ2) is 6.34. The summed E-state index contributed by atoms with van der Waals surface area (Å²) in [5.74, 6) is 0.754. The van der Waals surface area contributed by atoms with Crippen LogP contribution in [0.2, 0.25) is 0 Å². The minimum absolute atomic E-state index is 0.137. The average molecular weight is 266 g/mol. The molecule has 1 aliphatic heterocycles. The molecule has 0 aromatic carbocycles. The van der Waals surface area contributed by atoms with E-state index in [2.05, 4.69) is 36.6 Å². The molecule has 4 heteroatoms. The Morgan fingerprint density at radius 3 is 2.83 bits per heavy atom. The van der Waals surface area contributed by atoms with Crippen LogP contribution in [0, 0.1) is 12.8 Å². The third kappa shape index (κ3) is 3.82. The predicted octanol–water partition coefficient (Wildman–Crippen LogP) is 2.62. The molecule has 2 rings (SSSR count). The van der Waals surface area contributed by atoms with E-state index in [0.29, 0.717) is 12.3 Å². The van der Waals surface area contributed by atoms with Gasteiger partial charge in [-0.1, -0.05) is 0 Å². The number of carbonyl (C=O) groups excluding carboxylic acids is 1. The van der Waals surface area contributed by atoms with E-state index in [1.165, 1.54) is 9.75 Å². The first-order valence-corrected chi connectivity index (χ1v) is 7.53. The fraction of sp³-hybridized carbons (Fsp3) is 0.643. The van der Waals surface area contributed by atoms with Gasteiger partial charge in [-0.2, -0.15) is 0 Å². The average Bonchev–Trinajstić information content (AvgIpc) is 2.77. The normalized spacial score (nSPS) is 18.6. The molecule has 1 aliphatic rings. The van der Waals surface area contributed by atoms with Crippen molar-refractivity contribution in [3.63, 3.8) is 0 Å². The van der Waals surface area contributed by atoms with Crippen molar-refractivity contribution in [1.29, 1.82) is 0 Å². The highest BCUT2D eigenvalue weighted by Gasteiger charge is 2.18. The fourth-order valence-corrected chi connectivity index (χ4v) is 3.29. The van der Waals surface area contributed by atoms with Crippen LogP contribution in [0.3, 0.4) is 0 Å². The minimum atomic E-state index is 0.137. The zero-order valence-corrected chi connectivity index (χ0v) is 12.0. The van der Waals surface area contributed by atoms with Crippen molar-refractivity contribution < 1.29 is 4.79 Å². The van der Waals surface area contributed by atoms with Gasteiger partial charge in [0.05, 0.1) is 6.04 Å². The van der Waals surface area contributed by atoms with Crippen LogP contribution >= 0.6 is 11.3 Å². The van der Waals surface area contributed by atoms with Gasteiger partial charge in [0.25, 0.3) is 0 Å². The number of aryl methyl sites for hydroxylation is 1. The molecule has 1 aromatic heterocycles. The quantitative estimate of drug-likeness (QED) is 0.879. The molecule has 1 fully saturated rings. The second-order valence-corrected chi connectivity index (χ2v) is 6.45. The summed E-state index contributed by atoms with van der Waals surface area (Å²) in [4.78, 5) is 14.5. The van der Waals surface area contributed by atoms with Crippen molar-refractivity contribution in [3.8, 4) is 0 Å². The van der Waals surface area contributed by atoms with Crippen LogP contribution in [0.4, 0.5) is 0 Å². The number of hydrogen-bond donors (Lipinski definition) is 2. The van der Waals surface area contributed by atoms with Crippen LogP contribution in [0.15, 0.2) is 12.1 Å². The molecule has 0 radical (unpaired) electrons. The molecule has 1 atom stereocenters. The summed E-state index contributed by atoms with van der Waals surface area (Å²) in [5.41, 5.74) is 0. The van der Waals surface area contributed by atoms with Crippen LogP contribution in [0.5, 0.6) is 0 Å². The highest BCUT2D eigenvalue weighted by atomic mass is 32.1. The number of nitrogens with one attached hydrogen (secondary N) is 2. The Kier molecular flexibility index (Phi) is 4.78. The van der Waals surface area contributed by atoms with Crippen molar-refractivity contribution >= 4 is 17.2 Å². The zero-order valence-electron chi connectivity index (χ0n) is 11.2. The van der Waals surface area contributed by atoms with Crippen molar-refractivity contribution in [1.82, 2.24) is 10.6 Å². The highest BCUT2D eigenvalue weighted by molar-refractivity contribution is 7.12. The molecule has 1 aromatic rings. The lowest BCUT2D eigenvalue weighted by atomic mass is 9.94. The summed E-state index contributed by atoms with van der Waals surface area (Å²) in [6.45, 7) is 6.26. The lowest BCUT2D eigenvalue weighted by Gasteiger charge is -2.22. The number of thiophene rings is 1. The molecule has 0 spiro atoms. The van der Waals surface area contributed by atoms with Crippen LogP contribution in [-0.2, 0) is 4.79 Å². The van der Waals surface area contributed by atoms with Crippen LogP contribution in [-0.4, -0.2) is 19.0 Å². The lowest BCUT2D eigenvalue weighted by Crippen LogP contribution is -2.33. The van der Waals surface area contributed by atoms with Gasteiger partial charge in [0.1, 0.15) is 0 Å². The topological polar surface area (TPSA) is 41.1 Å². The van der Waals surface area contributed by atoms with Gasteiger partial charge >= 0.3 is 0 Å². The fourth-order valence-electron chi connectivity index (χ4n) is 2.41. The van der Waals surface area contributed by atoms with Crippen LogP contribution < -0.4 is 10.6 Å². The maximum absolute atomic E-state index is 12.0. The zero-order chi connectivity index (χ0) is 13.0. The molecule has 18 heavy (non-hydrogen) atoms. The van der Waals surface area contributed by atoms with Gasteiger partial charge in [0.2, 0.25) is 5.91 Å². The smallest absolute Gasteiger partial charge is 0.220 e. The van der Waals surface area contributed by atoms with Crippen molar-refractivity contribution in [3.05, 3.63) is 21.9 Å². The molecule has 100 valence electrons. The summed E-state index contributed by atoms with van der Waals surface area (Å²) in [6.07, 6.45) is 2.93. The molecule has 1 unspecified atom stereocenters. The Bertz CT molecular complexity index is 396. The Morgan fingerprint density at radius 2 is 2.22 bits per heavy atom. The van der Waals surface area contributed by atoms with Crippen molar-refractivity contribution in [2.24, 2.45) is 5.92 Å². The number of amides is 1. The third-order valence-corrected chi connectivity index (χ3v) is 4.68. The maximum Gasteiger partial charge on any atom is 0.220 e. The number of piperidine rings is 1. The van der Waals surface area contributed by atoms with Gasteiger partial charge < -0.3 is 10.6 Å². The number of hydrogen-bond acceptors (Lipinski definition) is 3. The second-order valence-electron chi connectivity index (χ2n) is 5.14. The first-order chi connectivity index (χ1) is 8.65. The predicted molar refractivity (Wildman–Crippen MR) is 75.8 cm³/mol. The summed E-state index contributed by atoms with van der Waals surface area (Å²) in [7, 11) is 0.